The van der Waals surface area contributed by atoms with E-state index in [0.29, 0.717) is 12.2 Å². The minimum absolute atomic E-state index is 0.340. The van der Waals surface area contributed by atoms with Crippen LogP contribution in [0.25, 0.3) is 5.57 Å². The van der Waals surface area contributed by atoms with Gasteiger partial charge in [0, 0.05) is 6.20 Å². The van der Waals surface area contributed by atoms with Gasteiger partial charge in [-0.3, -0.25) is 4.98 Å². The van der Waals surface area contributed by atoms with Gasteiger partial charge in [0.05, 0.1) is 24.5 Å². The van der Waals surface area contributed by atoms with E-state index in [1.165, 1.54) is 5.57 Å². The fourth-order valence-corrected chi connectivity index (χ4v) is 1.80. The SMILES string of the molecule is CC(C)(C)OC(=O)c1ccc(C2=CCOCC2)nc1. The van der Waals surface area contributed by atoms with Gasteiger partial charge in [-0.15, -0.1) is 0 Å². The fraction of sp³-hybridized carbons (Fsp3) is 0.467. The number of ether oxygens (including phenoxy) is 2. The normalized spacial score (nSPS) is 15.8. The molecular formula is C15H19NO3. The lowest BCUT2D eigenvalue weighted by Crippen LogP contribution is -2.24. The van der Waals surface area contributed by atoms with E-state index < -0.39 is 5.60 Å². The largest absolute Gasteiger partial charge is 0.456 e. The van der Waals surface area contributed by atoms with E-state index in [4.69, 9.17) is 9.47 Å². The Kier molecular flexibility index (Phi) is 4.00. The maximum atomic E-state index is 11.9. The van der Waals surface area contributed by atoms with Crippen LogP contribution in [0.3, 0.4) is 0 Å². The Bertz CT molecular complexity index is 483. The van der Waals surface area contributed by atoms with Crippen LogP contribution in [0.4, 0.5) is 0 Å². The Morgan fingerprint density at radius 3 is 2.68 bits per heavy atom. The number of nitrogens with zero attached hydrogens (tertiary/aromatic N) is 1. The number of aromatic nitrogens is 1. The third kappa shape index (κ3) is 3.89. The molecule has 0 saturated heterocycles. The van der Waals surface area contributed by atoms with E-state index in [-0.39, 0.29) is 5.97 Å². The highest BCUT2D eigenvalue weighted by atomic mass is 16.6. The monoisotopic (exact) mass is 261 g/mol. The zero-order valence-corrected chi connectivity index (χ0v) is 11.6. The molecule has 0 aromatic carbocycles. The molecule has 0 aliphatic carbocycles. The van der Waals surface area contributed by atoms with Crippen LogP contribution in [0.2, 0.25) is 0 Å². The summed E-state index contributed by atoms with van der Waals surface area (Å²) < 4.78 is 10.6. The van der Waals surface area contributed by atoms with Crippen molar-refractivity contribution in [3.05, 3.63) is 35.7 Å². The zero-order chi connectivity index (χ0) is 13.9. The van der Waals surface area contributed by atoms with Gasteiger partial charge in [-0.05, 0) is 44.9 Å². The lowest BCUT2D eigenvalue weighted by Gasteiger charge is -2.19. The quantitative estimate of drug-likeness (QED) is 0.768. The smallest absolute Gasteiger partial charge is 0.340 e. The number of hydrogen-bond acceptors (Lipinski definition) is 4. The first-order valence-electron chi connectivity index (χ1n) is 6.42. The van der Waals surface area contributed by atoms with Crippen LogP contribution < -0.4 is 0 Å². The average molecular weight is 261 g/mol. The molecule has 0 saturated carbocycles. The van der Waals surface area contributed by atoms with E-state index in [9.17, 15) is 4.79 Å². The summed E-state index contributed by atoms with van der Waals surface area (Å²) in [6, 6.07) is 3.61. The fourth-order valence-electron chi connectivity index (χ4n) is 1.80. The van der Waals surface area contributed by atoms with Crippen molar-refractivity contribution in [2.45, 2.75) is 32.8 Å². The minimum Gasteiger partial charge on any atom is -0.456 e. The first kappa shape index (κ1) is 13.7. The van der Waals surface area contributed by atoms with Gasteiger partial charge in [-0.2, -0.15) is 0 Å². The molecule has 19 heavy (non-hydrogen) atoms. The van der Waals surface area contributed by atoms with Crippen molar-refractivity contribution in [1.29, 1.82) is 0 Å². The van der Waals surface area contributed by atoms with Gasteiger partial charge in [-0.25, -0.2) is 4.79 Å². The summed E-state index contributed by atoms with van der Waals surface area (Å²) in [7, 11) is 0. The first-order valence-corrected chi connectivity index (χ1v) is 6.42. The minimum atomic E-state index is -0.487. The molecule has 1 aliphatic heterocycles. The highest BCUT2D eigenvalue weighted by molar-refractivity contribution is 5.89. The molecule has 0 spiro atoms. The van der Waals surface area contributed by atoms with Crippen LogP contribution in [0.15, 0.2) is 24.4 Å². The Morgan fingerprint density at radius 1 is 1.37 bits per heavy atom. The van der Waals surface area contributed by atoms with E-state index in [0.717, 1.165) is 18.7 Å². The molecule has 0 amide bonds. The van der Waals surface area contributed by atoms with Gasteiger partial charge in [0.15, 0.2) is 0 Å². The molecule has 0 unspecified atom stereocenters. The van der Waals surface area contributed by atoms with Crippen LogP contribution in [0.1, 0.15) is 43.2 Å². The molecule has 1 aromatic heterocycles. The molecule has 1 aliphatic rings. The topological polar surface area (TPSA) is 48.4 Å². The number of hydrogen-bond donors (Lipinski definition) is 0. The molecule has 0 bridgehead atoms. The third-order valence-electron chi connectivity index (χ3n) is 2.69. The average Bonchev–Trinajstić information content (AvgIpc) is 2.38. The number of esters is 1. The summed E-state index contributed by atoms with van der Waals surface area (Å²) in [6.45, 7) is 6.89. The van der Waals surface area contributed by atoms with Crippen molar-refractivity contribution < 1.29 is 14.3 Å². The van der Waals surface area contributed by atoms with Crippen molar-refractivity contribution in [3.63, 3.8) is 0 Å². The van der Waals surface area contributed by atoms with Gasteiger partial charge in [-0.1, -0.05) is 6.08 Å². The van der Waals surface area contributed by atoms with Gasteiger partial charge in [0.2, 0.25) is 0 Å². The van der Waals surface area contributed by atoms with E-state index >= 15 is 0 Å². The standard InChI is InChI=1S/C15H19NO3/c1-15(2,3)19-14(17)12-4-5-13(16-10-12)11-6-8-18-9-7-11/h4-6,10H,7-9H2,1-3H3. The number of carbonyl (C=O) groups is 1. The number of rotatable bonds is 2. The Hall–Kier alpha value is -1.68. The van der Waals surface area contributed by atoms with Gasteiger partial charge < -0.3 is 9.47 Å². The second-order valence-electron chi connectivity index (χ2n) is 5.49. The molecule has 2 rings (SSSR count). The third-order valence-corrected chi connectivity index (χ3v) is 2.69. The van der Waals surface area contributed by atoms with Crippen molar-refractivity contribution in [2.24, 2.45) is 0 Å². The Morgan fingerprint density at radius 2 is 2.16 bits per heavy atom. The van der Waals surface area contributed by atoms with E-state index in [1.807, 2.05) is 32.9 Å². The van der Waals surface area contributed by atoms with Gasteiger partial charge >= 0.3 is 5.97 Å². The molecule has 4 nitrogen and oxygen atoms in total. The molecule has 0 N–H and O–H groups in total. The first-order chi connectivity index (χ1) is 8.96. The highest BCUT2D eigenvalue weighted by Crippen LogP contribution is 2.20. The molecule has 2 heterocycles. The maximum absolute atomic E-state index is 11.9. The molecule has 102 valence electrons. The summed E-state index contributed by atoms with van der Waals surface area (Å²) in [5.41, 5.74) is 2.06. The van der Waals surface area contributed by atoms with Gasteiger partial charge in [0.25, 0.3) is 0 Å². The summed E-state index contributed by atoms with van der Waals surface area (Å²) in [5, 5.41) is 0. The molecule has 4 heteroatoms. The summed E-state index contributed by atoms with van der Waals surface area (Å²) in [6.07, 6.45) is 4.46. The number of pyridine rings is 1. The molecule has 1 aromatic rings. The van der Waals surface area contributed by atoms with Crippen LogP contribution in [-0.2, 0) is 9.47 Å². The van der Waals surface area contributed by atoms with Crippen molar-refractivity contribution in [1.82, 2.24) is 4.98 Å². The molecule has 0 radical (unpaired) electrons. The van der Waals surface area contributed by atoms with Crippen LogP contribution in [-0.4, -0.2) is 29.8 Å². The zero-order valence-electron chi connectivity index (χ0n) is 11.6. The van der Waals surface area contributed by atoms with Crippen LogP contribution in [0, 0.1) is 0 Å². The predicted octanol–water partition coefficient (Wildman–Crippen LogP) is 2.84. The van der Waals surface area contributed by atoms with Crippen molar-refractivity contribution in [2.75, 3.05) is 13.2 Å². The second-order valence-corrected chi connectivity index (χ2v) is 5.49. The van der Waals surface area contributed by atoms with Crippen LogP contribution >= 0.6 is 0 Å². The molecule has 0 atom stereocenters. The second kappa shape index (κ2) is 5.53. The lowest BCUT2D eigenvalue weighted by molar-refractivity contribution is 0.00691. The van der Waals surface area contributed by atoms with E-state index in [1.54, 1.807) is 12.3 Å². The highest BCUT2D eigenvalue weighted by Gasteiger charge is 2.18. The van der Waals surface area contributed by atoms with Crippen molar-refractivity contribution >= 4 is 11.5 Å². The molecule has 0 fully saturated rings. The lowest BCUT2D eigenvalue weighted by atomic mass is 10.1. The molecular weight excluding hydrogens is 242 g/mol. The summed E-state index contributed by atoms with van der Waals surface area (Å²) in [4.78, 5) is 16.2. The van der Waals surface area contributed by atoms with E-state index in [2.05, 4.69) is 4.98 Å². The van der Waals surface area contributed by atoms with Crippen LogP contribution in [0.5, 0.6) is 0 Å². The maximum Gasteiger partial charge on any atom is 0.340 e. The number of carbonyl (C=O) groups excluding carboxylic acids is 1. The predicted molar refractivity (Wildman–Crippen MR) is 72.8 cm³/mol. The summed E-state index contributed by atoms with van der Waals surface area (Å²) in [5.74, 6) is -0.340. The Labute approximate surface area is 113 Å². The van der Waals surface area contributed by atoms with Gasteiger partial charge in [0.1, 0.15) is 5.60 Å². The Balaban J connectivity index is 2.10. The summed E-state index contributed by atoms with van der Waals surface area (Å²) >= 11 is 0. The van der Waals surface area contributed by atoms with Crippen molar-refractivity contribution in [3.8, 4) is 0 Å².